The third-order valence-electron chi connectivity index (χ3n) is 3.10. The normalized spacial score (nSPS) is 12.1. The summed E-state index contributed by atoms with van der Waals surface area (Å²) in [6, 6.07) is 5.44. The van der Waals surface area contributed by atoms with Crippen molar-refractivity contribution in [3.8, 4) is 11.5 Å². The number of benzene rings is 1. The number of carbonyl (C=O) groups excluding carboxylic acids is 1. The van der Waals surface area contributed by atoms with Crippen molar-refractivity contribution in [3.63, 3.8) is 0 Å². The Balaban J connectivity index is 2.25. The Hall–Kier alpha value is -2.54. The number of aryl methyl sites for hydroxylation is 1. The van der Waals surface area contributed by atoms with Crippen LogP contribution >= 0.6 is 0 Å². The zero-order valence-electron chi connectivity index (χ0n) is 11.8. The minimum absolute atomic E-state index is 0.166. The quantitative estimate of drug-likeness (QED) is 0.762. The highest BCUT2D eigenvalue weighted by atomic mass is 16.5. The van der Waals surface area contributed by atoms with E-state index in [0.717, 1.165) is 5.69 Å². The van der Waals surface area contributed by atoms with Gasteiger partial charge in [0.25, 0.3) is 5.91 Å². The molecule has 0 unspecified atom stereocenters. The average Bonchev–Trinajstić information content (AvgIpc) is 2.84. The molecule has 0 saturated heterocycles. The molecule has 3 N–H and O–H groups in total. The summed E-state index contributed by atoms with van der Waals surface area (Å²) < 4.78 is 6.72. The number of phenolic OH excluding ortho intramolecular Hbond substituents is 2. The highest BCUT2D eigenvalue weighted by Gasteiger charge is 2.22. The number of nitrogens with zero attached hydrogens (tertiary/aromatic N) is 2. The van der Waals surface area contributed by atoms with Crippen LogP contribution in [0, 0.1) is 0 Å². The van der Waals surface area contributed by atoms with Crippen molar-refractivity contribution in [1.29, 1.82) is 0 Å². The summed E-state index contributed by atoms with van der Waals surface area (Å²) in [5, 5.41) is 26.2. The maximum atomic E-state index is 12.3. The van der Waals surface area contributed by atoms with Gasteiger partial charge in [0.1, 0.15) is 17.1 Å². The Kier molecular flexibility index (Phi) is 4.44. The molecule has 0 fully saturated rings. The molecule has 0 bridgehead atoms. The monoisotopic (exact) mass is 291 g/mol. The molecule has 7 nitrogen and oxygen atoms in total. The van der Waals surface area contributed by atoms with Crippen molar-refractivity contribution in [3.05, 3.63) is 41.7 Å². The van der Waals surface area contributed by atoms with E-state index in [1.165, 1.54) is 25.3 Å². The van der Waals surface area contributed by atoms with Gasteiger partial charge >= 0.3 is 0 Å². The zero-order chi connectivity index (χ0) is 15.4. The lowest BCUT2D eigenvalue weighted by atomic mass is 10.1. The number of hydrogen-bond donors (Lipinski definition) is 3. The first-order valence-electron chi connectivity index (χ1n) is 6.33. The van der Waals surface area contributed by atoms with Crippen molar-refractivity contribution < 1.29 is 19.7 Å². The van der Waals surface area contributed by atoms with Gasteiger partial charge in [0, 0.05) is 20.4 Å². The lowest BCUT2D eigenvalue weighted by Gasteiger charge is -2.19. The van der Waals surface area contributed by atoms with Crippen molar-refractivity contribution in [2.45, 2.75) is 6.04 Å². The van der Waals surface area contributed by atoms with Gasteiger partial charge in [-0.05, 0) is 18.2 Å². The van der Waals surface area contributed by atoms with Crippen LogP contribution in [0.5, 0.6) is 11.5 Å². The van der Waals surface area contributed by atoms with E-state index >= 15 is 0 Å². The third-order valence-corrected chi connectivity index (χ3v) is 3.10. The number of ether oxygens (including phenoxy) is 1. The molecule has 1 amide bonds. The van der Waals surface area contributed by atoms with Crippen LogP contribution in [-0.4, -0.2) is 39.6 Å². The summed E-state index contributed by atoms with van der Waals surface area (Å²) in [5.74, 6) is -1.16. The number of aromatic hydroxyl groups is 2. The molecule has 1 heterocycles. The average molecular weight is 291 g/mol. The number of phenols is 2. The first kappa shape index (κ1) is 14.9. The summed E-state index contributed by atoms with van der Waals surface area (Å²) in [6.45, 7) is 0.236. The molecule has 1 atom stereocenters. The Morgan fingerprint density at radius 2 is 2.05 bits per heavy atom. The molecule has 0 aliphatic carbocycles. The summed E-state index contributed by atoms with van der Waals surface area (Å²) >= 11 is 0. The molecule has 7 heteroatoms. The molecule has 0 radical (unpaired) electrons. The van der Waals surface area contributed by atoms with Gasteiger partial charge in [-0.3, -0.25) is 9.48 Å². The standard InChI is InChI=1S/C14H17N3O4/c1-17-10(6-7-15-17)9(8-21-2)16-14(20)13-11(18)4-3-5-12(13)19/h3-7,9,18-19H,8H2,1-2H3,(H,16,20)/t9-/m1/s1. The van der Waals surface area contributed by atoms with Crippen molar-refractivity contribution in [1.82, 2.24) is 15.1 Å². The van der Waals surface area contributed by atoms with Gasteiger partial charge in [-0.1, -0.05) is 6.07 Å². The fourth-order valence-corrected chi connectivity index (χ4v) is 2.08. The molecular formula is C14H17N3O4. The number of methoxy groups -OCH3 is 1. The topological polar surface area (TPSA) is 96.6 Å². The molecule has 2 rings (SSSR count). The molecule has 0 saturated carbocycles. The van der Waals surface area contributed by atoms with E-state index in [9.17, 15) is 15.0 Å². The van der Waals surface area contributed by atoms with E-state index in [4.69, 9.17) is 4.74 Å². The largest absolute Gasteiger partial charge is 0.507 e. The number of carbonyl (C=O) groups is 1. The Labute approximate surface area is 121 Å². The highest BCUT2D eigenvalue weighted by molar-refractivity contribution is 5.99. The van der Waals surface area contributed by atoms with E-state index in [-0.39, 0.29) is 23.7 Å². The SMILES string of the molecule is COC[C@@H](NC(=O)c1c(O)cccc1O)c1ccnn1C. The van der Waals surface area contributed by atoms with Gasteiger partial charge in [-0.25, -0.2) is 0 Å². The molecule has 21 heavy (non-hydrogen) atoms. The van der Waals surface area contributed by atoms with Crippen LogP contribution in [0.3, 0.4) is 0 Å². The molecule has 0 aliphatic rings. The molecule has 2 aromatic rings. The van der Waals surface area contributed by atoms with Gasteiger partial charge in [0.15, 0.2) is 0 Å². The fourth-order valence-electron chi connectivity index (χ4n) is 2.08. The number of hydrogen-bond acceptors (Lipinski definition) is 5. The summed E-state index contributed by atoms with van der Waals surface area (Å²) in [6.07, 6.45) is 1.61. The molecule has 1 aromatic heterocycles. The minimum atomic E-state index is -0.589. The molecule has 112 valence electrons. The van der Waals surface area contributed by atoms with Crippen LogP contribution in [0.2, 0.25) is 0 Å². The number of aromatic nitrogens is 2. The van der Waals surface area contributed by atoms with Gasteiger partial charge in [-0.15, -0.1) is 0 Å². The van der Waals surface area contributed by atoms with Gasteiger partial charge < -0.3 is 20.3 Å². The van der Waals surface area contributed by atoms with Crippen molar-refractivity contribution in [2.75, 3.05) is 13.7 Å². The van der Waals surface area contributed by atoms with E-state index in [2.05, 4.69) is 10.4 Å². The summed E-state index contributed by atoms with van der Waals surface area (Å²) in [4.78, 5) is 12.3. The van der Waals surface area contributed by atoms with Crippen LogP contribution in [0.15, 0.2) is 30.5 Å². The first-order valence-corrected chi connectivity index (χ1v) is 6.33. The maximum absolute atomic E-state index is 12.3. The van der Waals surface area contributed by atoms with Crippen LogP contribution in [0.25, 0.3) is 0 Å². The first-order chi connectivity index (χ1) is 10.0. The lowest BCUT2D eigenvalue weighted by molar-refractivity contribution is 0.0887. The molecule has 0 aliphatic heterocycles. The smallest absolute Gasteiger partial charge is 0.259 e. The zero-order valence-corrected chi connectivity index (χ0v) is 11.8. The predicted molar refractivity (Wildman–Crippen MR) is 75.1 cm³/mol. The van der Waals surface area contributed by atoms with Crippen LogP contribution in [-0.2, 0) is 11.8 Å². The summed E-state index contributed by atoms with van der Waals surface area (Å²) in [7, 11) is 3.27. The van der Waals surface area contributed by atoms with Gasteiger partial charge in [0.2, 0.25) is 0 Å². The Morgan fingerprint density at radius 1 is 1.38 bits per heavy atom. The number of rotatable bonds is 5. The molecule has 1 aromatic carbocycles. The van der Waals surface area contributed by atoms with E-state index in [1.807, 2.05) is 0 Å². The Bertz CT molecular complexity index is 619. The third kappa shape index (κ3) is 3.14. The minimum Gasteiger partial charge on any atom is -0.507 e. The maximum Gasteiger partial charge on any atom is 0.259 e. The lowest BCUT2D eigenvalue weighted by Crippen LogP contribution is -2.32. The van der Waals surface area contributed by atoms with E-state index < -0.39 is 11.9 Å². The summed E-state index contributed by atoms with van der Waals surface area (Å²) in [5.41, 5.74) is 0.584. The Morgan fingerprint density at radius 3 is 2.57 bits per heavy atom. The van der Waals surface area contributed by atoms with Gasteiger partial charge in [0.05, 0.1) is 18.3 Å². The molecule has 0 spiro atoms. The second-order valence-electron chi connectivity index (χ2n) is 4.53. The predicted octanol–water partition coefficient (Wildman–Crippen LogP) is 0.949. The van der Waals surface area contributed by atoms with E-state index in [0.29, 0.717) is 0 Å². The van der Waals surface area contributed by atoms with Crippen LogP contribution < -0.4 is 5.32 Å². The second kappa shape index (κ2) is 6.27. The second-order valence-corrected chi connectivity index (χ2v) is 4.53. The van der Waals surface area contributed by atoms with Crippen LogP contribution in [0.1, 0.15) is 22.1 Å². The highest BCUT2D eigenvalue weighted by Crippen LogP contribution is 2.26. The van der Waals surface area contributed by atoms with Crippen LogP contribution in [0.4, 0.5) is 0 Å². The van der Waals surface area contributed by atoms with Crippen molar-refractivity contribution >= 4 is 5.91 Å². The van der Waals surface area contributed by atoms with Gasteiger partial charge in [-0.2, -0.15) is 5.10 Å². The molecular weight excluding hydrogens is 274 g/mol. The number of nitrogens with one attached hydrogen (secondary N) is 1. The fraction of sp³-hybridized carbons (Fsp3) is 0.286. The van der Waals surface area contributed by atoms with E-state index in [1.54, 1.807) is 24.0 Å². The number of amides is 1. The van der Waals surface area contributed by atoms with Crippen molar-refractivity contribution in [2.24, 2.45) is 7.05 Å².